The molecular formula is C12H24N2O3. The normalized spacial score (nSPS) is 28.0. The maximum atomic E-state index is 12.3. The predicted molar refractivity (Wildman–Crippen MR) is 65.4 cm³/mol. The molecule has 0 aromatic heterocycles. The van der Waals surface area contributed by atoms with E-state index in [1.807, 2.05) is 27.7 Å². The maximum Gasteiger partial charge on any atom is 0.240 e. The molecule has 1 aliphatic rings. The quantitative estimate of drug-likeness (QED) is 0.715. The van der Waals surface area contributed by atoms with Crippen molar-refractivity contribution >= 4 is 5.91 Å². The van der Waals surface area contributed by atoms with E-state index in [9.17, 15) is 4.79 Å². The van der Waals surface area contributed by atoms with Crippen molar-refractivity contribution in [1.29, 1.82) is 0 Å². The molecule has 0 radical (unpaired) electrons. The van der Waals surface area contributed by atoms with Gasteiger partial charge in [-0.1, -0.05) is 20.8 Å². The van der Waals surface area contributed by atoms with E-state index >= 15 is 0 Å². The molecule has 0 spiro atoms. The van der Waals surface area contributed by atoms with Gasteiger partial charge in [-0.05, 0) is 12.3 Å². The fourth-order valence-electron chi connectivity index (χ4n) is 1.78. The molecule has 1 amide bonds. The summed E-state index contributed by atoms with van der Waals surface area (Å²) in [6, 6.07) is -0.513. The number of hydrogen-bond donors (Lipinski definition) is 2. The molecular weight excluding hydrogens is 220 g/mol. The van der Waals surface area contributed by atoms with Gasteiger partial charge in [0.15, 0.2) is 0 Å². The van der Waals surface area contributed by atoms with Gasteiger partial charge >= 0.3 is 0 Å². The first-order valence-electron chi connectivity index (χ1n) is 6.06. The molecule has 0 bridgehead atoms. The van der Waals surface area contributed by atoms with Crippen molar-refractivity contribution in [3.05, 3.63) is 0 Å². The number of hydrogen-bond acceptors (Lipinski definition) is 4. The van der Waals surface area contributed by atoms with Crippen LogP contribution in [0.1, 0.15) is 27.7 Å². The van der Waals surface area contributed by atoms with E-state index < -0.39 is 6.04 Å². The predicted octanol–water partition coefficient (Wildman–Crippen LogP) is -0.0320. The number of aliphatic hydroxyl groups excluding tert-OH is 1. The SMILES string of the molecule is CC1COC(CO)CN1C(=O)[C@@H](N)C(C)(C)C. The molecule has 100 valence electrons. The second kappa shape index (κ2) is 5.33. The topological polar surface area (TPSA) is 75.8 Å². The molecule has 1 aliphatic heterocycles. The van der Waals surface area contributed by atoms with Crippen LogP contribution in [0.5, 0.6) is 0 Å². The van der Waals surface area contributed by atoms with Crippen molar-refractivity contribution in [3.63, 3.8) is 0 Å². The van der Waals surface area contributed by atoms with Crippen LogP contribution in [0.4, 0.5) is 0 Å². The standard InChI is InChI=1S/C12H24N2O3/c1-8-7-17-9(6-15)5-14(8)11(16)10(13)12(2,3)4/h8-10,15H,5-7,13H2,1-4H3/t8?,9?,10-/m1/s1. The number of nitrogens with two attached hydrogens (primary N) is 1. The number of rotatable bonds is 2. The van der Waals surface area contributed by atoms with Gasteiger partial charge in [0.2, 0.25) is 5.91 Å². The van der Waals surface area contributed by atoms with Crippen molar-refractivity contribution in [2.75, 3.05) is 19.8 Å². The van der Waals surface area contributed by atoms with E-state index in [1.54, 1.807) is 4.90 Å². The number of nitrogens with zero attached hydrogens (tertiary/aromatic N) is 1. The van der Waals surface area contributed by atoms with Crippen LogP contribution in [0.25, 0.3) is 0 Å². The second-order valence-corrected chi connectivity index (χ2v) is 5.82. The van der Waals surface area contributed by atoms with Crippen LogP contribution >= 0.6 is 0 Å². The van der Waals surface area contributed by atoms with Crippen molar-refractivity contribution < 1.29 is 14.6 Å². The number of carbonyl (C=O) groups is 1. The minimum atomic E-state index is -0.526. The van der Waals surface area contributed by atoms with Gasteiger partial charge in [0.05, 0.1) is 31.4 Å². The van der Waals surface area contributed by atoms with Crippen LogP contribution in [0.15, 0.2) is 0 Å². The average molecular weight is 244 g/mol. The number of amides is 1. The van der Waals surface area contributed by atoms with Gasteiger partial charge < -0.3 is 20.5 Å². The zero-order valence-corrected chi connectivity index (χ0v) is 11.1. The van der Waals surface area contributed by atoms with Gasteiger partial charge in [-0.2, -0.15) is 0 Å². The Morgan fingerprint density at radius 3 is 2.65 bits per heavy atom. The molecule has 1 heterocycles. The Kier molecular flexibility index (Phi) is 4.52. The summed E-state index contributed by atoms with van der Waals surface area (Å²) in [6.45, 7) is 8.58. The van der Waals surface area contributed by atoms with Crippen LogP contribution in [0.2, 0.25) is 0 Å². The van der Waals surface area contributed by atoms with Gasteiger partial charge in [0.1, 0.15) is 0 Å². The van der Waals surface area contributed by atoms with E-state index in [0.29, 0.717) is 13.2 Å². The first kappa shape index (κ1) is 14.4. The molecule has 0 aromatic carbocycles. The maximum absolute atomic E-state index is 12.3. The van der Waals surface area contributed by atoms with Gasteiger partial charge in [-0.3, -0.25) is 4.79 Å². The first-order valence-corrected chi connectivity index (χ1v) is 6.06. The third kappa shape index (κ3) is 3.40. The van der Waals surface area contributed by atoms with Crippen LogP contribution < -0.4 is 5.73 Å². The fourth-order valence-corrected chi connectivity index (χ4v) is 1.78. The highest BCUT2D eigenvalue weighted by molar-refractivity contribution is 5.82. The lowest BCUT2D eigenvalue weighted by Gasteiger charge is -2.40. The highest BCUT2D eigenvalue weighted by Crippen LogP contribution is 2.21. The Morgan fingerprint density at radius 2 is 2.18 bits per heavy atom. The third-order valence-electron chi connectivity index (χ3n) is 3.19. The molecule has 1 fully saturated rings. The number of morpholine rings is 1. The van der Waals surface area contributed by atoms with E-state index in [0.717, 1.165) is 0 Å². The lowest BCUT2D eigenvalue weighted by molar-refractivity contribution is -0.149. The summed E-state index contributed by atoms with van der Waals surface area (Å²) >= 11 is 0. The number of carbonyl (C=O) groups excluding carboxylic acids is 1. The average Bonchev–Trinajstić information content (AvgIpc) is 2.26. The third-order valence-corrected chi connectivity index (χ3v) is 3.19. The Bertz CT molecular complexity index is 275. The summed E-state index contributed by atoms with van der Waals surface area (Å²) in [6.07, 6.45) is -0.290. The van der Waals surface area contributed by atoms with Crippen molar-refractivity contribution in [3.8, 4) is 0 Å². The van der Waals surface area contributed by atoms with E-state index in [4.69, 9.17) is 15.6 Å². The van der Waals surface area contributed by atoms with Gasteiger partial charge in [0.25, 0.3) is 0 Å². The van der Waals surface area contributed by atoms with Gasteiger partial charge in [-0.25, -0.2) is 0 Å². The van der Waals surface area contributed by atoms with E-state index in [2.05, 4.69) is 0 Å². The van der Waals surface area contributed by atoms with Gasteiger partial charge in [0, 0.05) is 6.54 Å². The van der Waals surface area contributed by atoms with E-state index in [-0.39, 0.29) is 30.1 Å². The molecule has 1 saturated heterocycles. The molecule has 5 heteroatoms. The summed E-state index contributed by atoms with van der Waals surface area (Å²) < 4.78 is 5.40. The van der Waals surface area contributed by atoms with Gasteiger partial charge in [-0.15, -0.1) is 0 Å². The largest absolute Gasteiger partial charge is 0.394 e. The Morgan fingerprint density at radius 1 is 1.59 bits per heavy atom. The molecule has 3 N–H and O–H groups in total. The summed E-state index contributed by atoms with van der Waals surface area (Å²) in [5.74, 6) is -0.0632. The molecule has 0 saturated carbocycles. The molecule has 1 rings (SSSR count). The highest BCUT2D eigenvalue weighted by atomic mass is 16.5. The zero-order valence-electron chi connectivity index (χ0n) is 11.1. The lowest BCUT2D eigenvalue weighted by atomic mass is 9.86. The minimum Gasteiger partial charge on any atom is -0.394 e. The monoisotopic (exact) mass is 244 g/mol. The smallest absolute Gasteiger partial charge is 0.240 e. The summed E-state index contributed by atoms with van der Waals surface area (Å²) in [5.41, 5.74) is 5.72. The molecule has 0 aliphatic carbocycles. The van der Waals surface area contributed by atoms with Crippen LogP contribution in [0.3, 0.4) is 0 Å². The first-order chi connectivity index (χ1) is 7.77. The zero-order chi connectivity index (χ0) is 13.2. The Labute approximate surface area is 103 Å². The van der Waals surface area contributed by atoms with Crippen molar-refractivity contribution in [2.24, 2.45) is 11.1 Å². The molecule has 3 atom stereocenters. The van der Waals surface area contributed by atoms with E-state index in [1.165, 1.54) is 0 Å². The second-order valence-electron chi connectivity index (χ2n) is 5.82. The number of ether oxygens (including phenoxy) is 1. The summed E-state index contributed by atoms with van der Waals surface area (Å²) in [5, 5.41) is 9.08. The Hall–Kier alpha value is -0.650. The van der Waals surface area contributed by atoms with Crippen molar-refractivity contribution in [1.82, 2.24) is 4.90 Å². The van der Waals surface area contributed by atoms with Crippen LogP contribution in [-0.2, 0) is 9.53 Å². The highest BCUT2D eigenvalue weighted by Gasteiger charge is 2.36. The molecule has 17 heavy (non-hydrogen) atoms. The Balaban J connectivity index is 2.73. The lowest BCUT2D eigenvalue weighted by Crippen LogP contribution is -2.58. The molecule has 5 nitrogen and oxygen atoms in total. The molecule has 2 unspecified atom stereocenters. The minimum absolute atomic E-state index is 0.0127. The van der Waals surface area contributed by atoms with Crippen molar-refractivity contribution in [2.45, 2.75) is 45.9 Å². The van der Waals surface area contributed by atoms with Crippen LogP contribution in [0, 0.1) is 5.41 Å². The summed E-state index contributed by atoms with van der Waals surface area (Å²) in [7, 11) is 0. The van der Waals surface area contributed by atoms with Crippen LogP contribution in [-0.4, -0.2) is 53.9 Å². The summed E-state index contributed by atoms with van der Waals surface area (Å²) in [4.78, 5) is 14.0. The number of aliphatic hydroxyl groups is 1. The molecule has 0 aromatic rings. The fraction of sp³-hybridized carbons (Fsp3) is 0.917.